The molecule has 0 saturated carbocycles. The maximum atomic E-state index is 15.4. The maximum Gasteiger partial charge on any atom is 0.326 e. The van der Waals surface area contributed by atoms with E-state index in [0.717, 1.165) is 17.6 Å². The van der Waals surface area contributed by atoms with Crippen LogP contribution in [0.4, 0.5) is 5.69 Å². The van der Waals surface area contributed by atoms with Gasteiger partial charge in [-0.3, -0.25) is 38.4 Å². The second-order valence-corrected chi connectivity index (χ2v) is 18.7. The summed E-state index contributed by atoms with van der Waals surface area (Å²) in [5.74, 6) is -9.98. The summed E-state index contributed by atoms with van der Waals surface area (Å²) in [7, 11) is 0. The van der Waals surface area contributed by atoms with Gasteiger partial charge in [-0.1, -0.05) is 92.1 Å². The Balaban J connectivity index is 1.81. The minimum absolute atomic E-state index is 0.0231. The number of fused-ring (bicyclic) bond motifs is 3. The number of carboxylic acid groups (broad SMARTS) is 3. The molecule has 0 aliphatic carbocycles. The molecule has 4 rings (SSSR count). The molecule has 2 aromatic carbocycles. The summed E-state index contributed by atoms with van der Waals surface area (Å²) in [4.78, 5) is 121. The number of nitrogens with zero attached hydrogens (tertiary/aromatic N) is 1. The van der Waals surface area contributed by atoms with Gasteiger partial charge in [0.15, 0.2) is 0 Å². The highest BCUT2D eigenvalue weighted by atomic mass is 16.4. The van der Waals surface area contributed by atoms with Crippen molar-refractivity contribution in [2.45, 2.75) is 141 Å². The van der Waals surface area contributed by atoms with Crippen molar-refractivity contribution >= 4 is 59.0 Å². The normalized spacial score (nSPS) is 19.4. The van der Waals surface area contributed by atoms with Crippen LogP contribution < -0.4 is 37.6 Å². The predicted octanol–water partition coefficient (Wildman–Crippen LogP) is 2.72. The summed E-state index contributed by atoms with van der Waals surface area (Å²) in [5.41, 5.74) is 8.54. The summed E-state index contributed by atoms with van der Waals surface area (Å²) in [6, 6.07) is 9.42. The van der Waals surface area contributed by atoms with E-state index in [1.165, 1.54) is 11.8 Å². The van der Waals surface area contributed by atoms with E-state index in [4.69, 9.17) is 10.8 Å². The third-order valence-electron chi connectivity index (χ3n) is 13.2. The molecule has 0 radical (unpaired) electrons. The fourth-order valence-electron chi connectivity index (χ4n) is 9.00. The van der Waals surface area contributed by atoms with Gasteiger partial charge in [0.05, 0.1) is 17.9 Å². The van der Waals surface area contributed by atoms with Crippen LogP contribution in [0.1, 0.15) is 104 Å². The SMILES string of the molecule is CC[C@H](C)[C@H](NC(=O)CN)C(=O)N[C@@H](Cc1ccccc1)C(=O)N1C[C@H](C(=O)N[C@@H](CCC(=O)O)C(=O)N[C@@H](CCC(=O)N[C@@H](C)C(=O)O)C(=O)O)[C@]2(C/C=C(/C)CCC=C(C)C)c3ccccc3N[C@H]12. The first-order chi connectivity index (χ1) is 33.6. The molecule has 0 aromatic heterocycles. The number of allylic oxidation sites excluding steroid dienone is 4. The number of aliphatic carboxylic acids is 3. The van der Waals surface area contributed by atoms with E-state index in [0.29, 0.717) is 29.7 Å². The molecule has 6 amide bonds. The number of rotatable bonds is 27. The number of likely N-dealkylation sites (tertiary alicyclic amines) is 1. The van der Waals surface area contributed by atoms with Gasteiger partial charge in [-0.15, -0.1) is 0 Å². The Morgan fingerprint density at radius 2 is 1.41 bits per heavy atom. The lowest BCUT2D eigenvalue weighted by Gasteiger charge is -2.36. The van der Waals surface area contributed by atoms with Crippen molar-refractivity contribution in [3.8, 4) is 0 Å². The molecule has 2 aliphatic rings. The molecule has 20 heteroatoms. The first-order valence-corrected chi connectivity index (χ1v) is 24.0. The first-order valence-electron chi connectivity index (χ1n) is 24.0. The summed E-state index contributed by atoms with van der Waals surface area (Å²) < 4.78 is 0. The third-order valence-corrected chi connectivity index (χ3v) is 13.2. The standard InChI is InChI=1S/C51H70N8O12/c1-7-31(5)43(58-41(61)27-52)46(66)56-39(26-33-16-9-8-10-17-33)47(67)59-28-35(51(25-24-30(4)15-13-14-29(2)3)34-18-11-12-19-36(34)57-50(51)59)44(64)54-37(21-23-42(62)63)45(65)55-38(49(70)71)20-22-40(60)53-32(6)48(68)69/h8-12,14,16-19,24,31-32,35,37-39,43,50,57H,7,13,15,20-23,25-28,52H2,1-6H3,(H,53,60)(H,54,64)(H,55,65)(H,56,66)(H,58,61)(H,62,63)(H,68,69)(H,70,71)/b30-24-/t31-,32-,35+,37-,38-,39-,43-,50+,51-/m0/s1. The number of hydrogen-bond acceptors (Lipinski definition) is 11. The highest BCUT2D eigenvalue weighted by Gasteiger charge is 2.63. The predicted molar refractivity (Wildman–Crippen MR) is 263 cm³/mol. The smallest absolute Gasteiger partial charge is 0.326 e. The van der Waals surface area contributed by atoms with Crippen LogP contribution >= 0.6 is 0 Å². The van der Waals surface area contributed by atoms with Crippen molar-refractivity contribution in [3.63, 3.8) is 0 Å². The Morgan fingerprint density at radius 1 is 0.761 bits per heavy atom. The molecular weight excluding hydrogens is 917 g/mol. The van der Waals surface area contributed by atoms with Crippen LogP contribution in [0.5, 0.6) is 0 Å². The number of carbonyl (C=O) groups is 9. The number of carboxylic acids is 3. The average molecular weight is 987 g/mol. The molecule has 0 spiro atoms. The minimum Gasteiger partial charge on any atom is -0.481 e. The van der Waals surface area contributed by atoms with Crippen molar-refractivity contribution in [1.29, 1.82) is 0 Å². The van der Waals surface area contributed by atoms with Crippen molar-refractivity contribution in [2.24, 2.45) is 17.6 Å². The van der Waals surface area contributed by atoms with Gasteiger partial charge in [0.1, 0.15) is 36.4 Å². The molecule has 2 heterocycles. The zero-order chi connectivity index (χ0) is 52.6. The van der Waals surface area contributed by atoms with Crippen LogP contribution in [0, 0.1) is 11.8 Å². The van der Waals surface area contributed by atoms with E-state index < -0.39 is 127 Å². The fraction of sp³-hybridized carbons (Fsp3) is 0.510. The summed E-state index contributed by atoms with van der Waals surface area (Å²) in [5, 5.41) is 45.3. The molecule has 2 aliphatic heterocycles. The maximum absolute atomic E-state index is 15.4. The highest BCUT2D eigenvalue weighted by Crippen LogP contribution is 2.54. The Bertz CT molecular complexity index is 2340. The van der Waals surface area contributed by atoms with Gasteiger partial charge in [0.25, 0.3) is 0 Å². The molecule has 1 fully saturated rings. The molecule has 20 nitrogen and oxygen atoms in total. The highest BCUT2D eigenvalue weighted by molar-refractivity contribution is 5.96. The second kappa shape index (κ2) is 26.2. The van der Waals surface area contributed by atoms with E-state index in [-0.39, 0.29) is 31.8 Å². The van der Waals surface area contributed by atoms with Crippen LogP contribution in [-0.4, -0.2) is 123 Å². The van der Waals surface area contributed by atoms with E-state index in [1.807, 2.05) is 52.0 Å². The van der Waals surface area contributed by atoms with Crippen LogP contribution in [-0.2, 0) is 55.0 Å². The molecule has 386 valence electrons. The van der Waals surface area contributed by atoms with Crippen molar-refractivity contribution in [3.05, 3.63) is 89.0 Å². The summed E-state index contributed by atoms with van der Waals surface area (Å²) in [6.45, 7) is 10.2. The molecule has 11 N–H and O–H groups in total. The molecule has 2 aromatic rings. The Labute approximate surface area is 414 Å². The molecule has 71 heavy (non-hydrogen) atoms. The molecule has 0 bridgehead atoms. The van der Waals surface area contributed by atoms with E-state index in [1.54, 1.807) is 43.3 Å². The summed E-state index contributed by atoms with van der Waals surface area (Å²) in [6.07, 6.45) is 3.34. The van der Waals surface area contributed by atoms with Crippen LogP contribution in [0.25, 0.3) is 0 Å². The summed E-state index contributed by atoms with van der Waals surface area (Å²) >= 11 is 0. The molecule has 1 saturated heterocycles. The van der Waals surface area contributed by atoms with Crippen molar-refractivity contribution in [2.75, 3.05) is 18.4 Å². The third kappa shape index (κ3) is 15.2. The number of para-hydroxylation sites is 1. The topological polar surface area (TPSA) is 316 Å². The first kappa shape index (κ1) is 56.5. The van der Waals surface area contributed by atoms with Crippen molar-refractivity contribution in [1.82, 2.24) is 31.5 Å². The van der Waals surface area contributed by atoms with Gasteiger partial charge in [-0.05, 0) is 82.9 Å². The van der Waals surface area contributed by atoms with Gasteiger partial charge in [0.2, 0.25) is 35.4 Å². The minimum atomic E-state index is -1.70. The zero-order valence-corrected chi connectivity index (χ0v) is 41.3. The van der Waals surface area contributed by atoms with Gasteiger partial charge < -0.3 is 57.9 Å². The van der Waals surface area contributed by atoms with E-state index in [9.17, 15) is 43.8 Å². The van der Waals surface area contributed by atoms with Crippen LogP contribution in [0.2, 0.25) is 0 Å². The fourth-order valence-corrected chi connectivity index (χ4v) is 9.00. The molecular formula is C51H70N8O12. The average Bonchev–Trinajstić information content (AvgIpc) is 3.83. The number of carbonyl (C=O) groups excluding carboxylic acids is 6. The number of nitrogens with one attached hydrogen (secondary N) is 6. The van der Waals surface area contributed by atoms with Crippen molar-refractivity contribution < 1.29 is 58.5 Å². The van der Waals surface area contributed by atoms with Crippen LogP contribution in [0.15, 0.2) is 77.9 Å². The van der Waals surface area contributed by atoms with Gasteiger partial charge >= 0.3 is 17.9 Å². The number of anilines is 1. The zero-order valence-electron chi connectivity index (χ0n) is 41.3. The van der Waals surface area contributed by atoms with Crippen LogP contribution in [0.3, 0.4) is 0 Å². The Hall–Kier alpha value is -7.09. The number of amides is 6. The lowest BCUT2D eigenvalue weighted by atomic mass is 9.69. The number of benzene rings is 2. The quantitative estimate of drug-likeness (QED) is 0.0576. The molecule has 9 atom stereocenters. The second-order valence-electron chi connectivity index (χ2n) is 18.7. The van der Waals surface area contributed by atoms with Gasteiger partial charge in [-0.2, -0.15) is 0 Å². The van der Waals surface area contributed by atoms with E-state index >= 15 is 9.59 Å². The Morgan fingerprint density at radius 3 is 2.03 bits per heavy atom. The number of nitrogens with two attached hydrogens (primary N) is 1. The van der Waals surface area contributed by atoms with Gasteiger partial charge in [-0.25, -0.2) is 4.79 Å². The monoisotopic (exact) mass is 987 g/mol. The van der Waals surface area contributed by atoms with Gasteiger partial charge in [0, 0.05) is 31.5 Å². The number of hydrogen-bond donors (Lipinski definition) is 10. The lowest BCUT2D eigenvalue weighted by molar-refractivity contribution is -0.144. The van der Waals surface area contributed by atoms with E-state index in [2.05, 4.69) is 38.0 Å². The largest absolute Gasteiger partial charge is 0.481 e. The lowest BCUT2D eigenvalue weighted by Crippen LogP contribution is -2.58. The molecule has 0 unspecified atom stereocenters. The Kier molecular flexibility index (Phi) is 20.9.